The van der Waals surface area contributed by atoms with Gasteiger partial charge in [0, 0.05) is 99.9 Å². The molecule has 2 aromatic heterocycles. The Kier molecular flexibility index (Phi) is 7.75. The Morgan fingerprint density at radius 2 is 1.67 bits per heavy atom. The summed E-state index contributed by atoms with van der Waals surface area (Å²) >= 11 is 0. The van der Waals surface area contributed by atoms with Crippen molar-refractivity contribution in [2.45, 2.75) is 12.8 Å². The van der Waals surface area contributed by atoms with Crippen molar-refractivity contribution < 1.29 is 4.74 Å². The molecule has 0 bridgehead atoms. The van der Waals surface area contributed by atoms with Crippen LogP contribution in [0.5, 0.6) is 5.75 Å². The minimum atomic E-state index is -0.433. The molecule has 0 radical (unpaired) electrons. The molecule has 4 heterocycles. The second kappa shape index (κ2) is 11.8. The summed E-state index contributed by atoms with van der Waals surface area (Å²) in [5.41, 5.74) is 11.3. The highest BCUT2D eigenvalue weighted by atomic mass is 16.5. The molecule has 2 aliphatic heterocycles. The van der Waals surface area contributed by atoms with E-state index in [-0.39, 0.29) is 0 Å². The maximum Gasteiger partial charge on any atom is 0.332 e. The smallest absolute Gasteiger partial charge is 0.332 e. The molecule has 2 saturated heterocycles. The number of piperazine rings is 1. The third kappa shape index (κ3) is 5.78. The lowest BCUT2D eigenvalue weighted by atomic mass is 9.94. The number of aryl methyl sites for hydroxylation is 1. The topological polar surface area (TPSA) is 118 Å². The molecule has 0 aliphatic carbocycles. The number of methoxy groups -OCH3 is 1. The molecule has 0 spiro atoms. The predicted octanol–water partition coefficient (Wildman–Crippen LogP) is 2.56. The summed E-state index contributed by atoms with van der Waals surface area (Å²) in [6.45, 7) is 7.11. The molecule has 0 amide bonds. The quantitative estimate of drug-likeness (QED) is 0.326. The Hall–Kier alpha value is -4.51. The first-order chi connectivity index (χ1) is 20.4. The van der Waals surface area contributed by atoms with E-state index < -0.39 is 11.2 Å². The number of ether oxygens (including phenoxy) is 1. The van der Waals surface area contributed by atoms with Crippen LogP contribution in [0.3, 0.4) is 0 Å². The zero-order chi connectivity index (χ0) is 29.2. The highest BCUT2D eigenvalue weighted by molar-refractivity contribution is 5.83. The minimum absolute atomic E-state index is 0.395. The van der Waals surface area contributed by atoms with Gasteiger partial charge >= 0.3 is 5.69 Å². The SMILES string of the molecule is COc1cc(N2CCC(CN3CCN(c4ccc(-n5ccc(=O)[nH]c5=O)cc4)CC3)CC2)c(-c2cnn(C)c2)cc1N. The van der Waals surface area contributed by atoms with Gasteiger partial charge in [0.1, 0.15) is 5.75 Å². The number of nitrogens with zero attached hydrogens (tertiary/aromatic N) is 6. The first-order valence-electron chi connectivity index (χ1n) is 14.5. The number of benzene rings is 2. The maximum atomic E-state index is 12.1. The van der Waals surface area contributed by atoms with Gasteiger partial charge in [-0.2, -0.15) is 5.10 Å². The largest absolute Gasteiger partial charge is 0.495 e. The van der Waals surface area contributed by atoms with Crippen LogP contribution in [0.4, 0.5) is 17.1 Å². The van der Waals surface area contributed by atoms with Crippen LogP contribution >= 0.6 is 0 Å². The van der Waals surface area contributed by atoms with E-state index in [1.807, 2.05) is 54.5 Å². The molecule has 0 saturated carbocycles. The summed E-state index contributed by atoms with van der Waals surface area (Å²) in [6, 6.07) is 13.4. The average molecular weight is 571 g/mol. The standard InChI is InChI=1S/C31H38N8O3/c1-35-21-23(19-33-35)26-17-27(32)29(42-2)18-28(26)38-10-7-22(8-11-38)20-36-13-15-37(16-14-36)24-3-5-25(6-4-24)39-12-9-30(40)34-31(39)41/h3-6,9,12,17-19,21-22H,7-8,10-11,13-16,20,32H2,1-2H3,(H,34,40,41). The molecular formula is C31H38N8O3. The average Bonchev–Trinajstić information content (AvgIpc) is 3.44. The van der Waals surface area contributed by atoms with E-state index >= 15 is 0 Å². The maximum absolute atomic E-state index is 12.1. The van der Waals surface area contributed by atoms with Crippen molar-refractivity contribution in [3.8, 4) is 22.6 Å². The van der Waals surface area contributed by atoms with Crippen LogP contribution in [-0.4, -0.2) is 77.2 Å². The van der Waals surface area contributed by atoms with Gasteiger partial charge in [0.15, 0.2) is 0 Å². The first kappa shape index (κ1) is 27.6. The fourth-order valence-electron chi connectivity index (χ4n) is 6.17. The van der Waals surface area contributed by atoms with Gasteiger partial charge in [0.05, 0.1) is 24.7 Å². The zero-order valence-corrected chi connectivity index (χ0v) is 24.2. The Labute approximate surface area is 244 Å². The fourth-order valence-corrected chi connectivity index (χ4v) is 6.17. The Morgan fingerprint density at radius 1 is 0.952 bits per heavy atom. The van der Waals surface area contributed by atoms with Crippen LogP contribution in [-0.2, 0) is 7.05 Å². The lowest BCUT2D eigenvalue weighted by molar-refractivity contribution is 0.201. The lowest BCUT2D eigenvalue weighted by Gasteiger charge is -2.40. The Balaban J connectivity index is 1.03. The van der Waals surface area contributed by atoms with Gasteiger partial charge in [0.25, 0.3) is 5.56 Å². The van der Waals surface area contributed by atoms with Crippen molar-refractivity contribution in [1.29, 1.82) is 0 Å². The van der Waals surface area contributed by atoms with Gasteiger partial charge in [0.2, 0.25) is 0 Å². The number of hydrogen-bond donors (Lipinski definition) is 2. The number of nitrogens with two attached hydrogens (primary N) is 1. The second-order valence-electron chi connectivity index (χ2n) is 11.2. The van der Waals surface area contributed by atoms with Gasteiger partial charge < -0.3 is 20.3 Å². The zero-order valence-electron chi connectivity index (χ0n) is 24.2. The van der Waals surface area contributed by atoms with Crippen molar-refractivity contribution in [2.75, 3.05) is 68.5 Å². The summed E-state index contributed by atoms with van der Waals surface area (Å²) in [5, 5.41) is 4.37. The molecule has 0 atom stereocenters. The fraction of sp³-hybridized carbons (Fsp3) is 0.387. The summed E-state index contributed by atoms with van der Waals surface area (Å²) in [5.74, 6) is 1.37. The number of rotatable bonds is 7. The third-order valence-electron chi connectivity index (χ3n) is 8.52. The van der Waals surface area contributed by atoms with Gasteiger partial charge in [-0.05, 0) is 49.1 Å². The molecule has 2 fully saturated rings. The van der Waals surface area contributed by atoms with Crippen LogP contribution < -0.4 is 31.5 Å². The van der Waals surface area contributed by atoms with Gasteiger partial charge in [-0.25, -0.2) is 4.79 Å². The van der Waals surface area contributed by atoms with Gasteiger partial charge in [-0.3, -0.25) is 23.9 Å². The minimum Gasteiger partial charge on any atom is -0.495 e. The molecule has 11 nitrogen and oxygen atoms in total. The van der Waals surface area contributed by atoms with Crippen LogP contribution in [0.1, 0.15) is 12.8 Å². The Bertz CT molecular complexity index is 1640. The predicted molar refractivity (Wildman–Crippen MR) is 166 cm³/mol. The molecule has 42 heavy (non-hydrogen) atoms. The number of aromatic amines is 1. The van der Waals surface area contributed by atoms with Crippen LogP contribution in [0.2, 0.25) is 0 Å². The summed E-state index contributed by atoms with van der Waals surface area (Å²) in [6.07, 6.45) is 7.71. The van der Waals surface area contributed by atoms with Crippen LogP contribution in [0.15, 0.2) is 70.6 Å². The number of anilines is 3. The normalized spacial score (nSPS) is 16.6. The van der Waals surface area contributed by atoms with E-state index in [0.29, 0.717) is 17.4 Å². The van der Waals surface area contributed by atoms with E-state index in [4.69, 9.17) is 10.5 Å². The summed E-state index contributed by atoms with van der Waals surface area (Å²) in [4.78, 5) is 33.2. The van der Waals surface area contributed by atoms with E-state index in [2.05, 4.69) is 30.8 Å². The first-order valence-corrected chi connectivity index (χ1v) is 14.5. The molecule has 0 unspecified atom stereocenters. The van der Waals surface area contributed by atoms with Crippen molar-refractivity contribution in [3.63, 3.8) is 0 Å². The molecule has 3 N–H and O–H groups in total. The van der Waals surface area contributed by atoms with Crippen molar-refractivity contribution in [3.05, 3.63) is 81.9 Å². The Morgan fingerprint density at radius 3 is 2.31 bits per heavy atom. The van der Waals surface area contributed by atoms with Crippen molar-refractivity contribution >= 4 is 17.1 Å². The highest BCUT2D eigenvalue weighted by Gasteiger charge is 2.26. The van der Waals surface area contributed by atoms with Crippen molar-refractivity contribution in [1.82, 2.24) is 24.2 Å². The van der Waals surface area contributed by atoms with Gasteiger partial charge in [-0.1, -0.05) is 0 Å². The van der Waals surface area contributed by atoms with Crippen molar-refractivity contribution in [2.24, 2.45) is 13.0 Å². The molecule has 4 aromatic rings. The number of nitrogen functional groups attached to an aromatic ring is 1. The third-order valence-corrected chi connectivity index (χ3v) is 8.52. The number of H-pyrrole nitrogens is 1. The molecular weight excluding hydrogens is 532 g/mol. The molecule has 220 valence electrons. The van der Waals surface area contributed by atoms with E-state index in [0.717, 1.165) is 86.8 Å². The monoisotopic (exact) mass is 570 g/mol. The molecule has 11 heteroatoms. The van der Waals surface area contributed by atoms with Crippen LogP contribution in [0.25, 0.3) is 16.8 Å². The number of nitrogens with one attached hydrogen (secondary N) is 1. The van der Waals surface area contributed by atoms with E-state index in [1.165, 1.54) is 16.8 Å². The number of piperidine rings is 1. The highest BCUT2D eigenvalue weighted by Crippen LogP contribution is 2.39. The second-order valence-corrected chi connectivity index (χ2v) is 11.2. The molecule has 2 aromatic carbocycles. The van der Waals surface area contributed by atoms with E-state index in [9.17, 15) is 9.59 Å². The molecule has 2 aliphatic rings. The van der Waals surface area contributed by atoms with E-state index in [1.54, 1.807) is 7.11 Å². The number of hydrogen-bond acceptors (Lipinski definition) is 8. The molecule has 6 rings (SSSR count). The number of aromatic nitrogens is 4. The summed E-state index contributed by atoms with van der Waals surface area (Å²) in [7, 11) is 3.59. The van der Waals surface area contributed by atoms with Gasteiger partial charge in [-0.15, -0.1) is 0 Å². The lowest BCUT2D eigenvalue weighted by Crippen LogP contribution is -2.49. The van der Waals surface area contributed by atoms with Crippen LogP contribution in [0, 0.1) is 5.92 Å². The summed E-state index contributed by atoms with van der Waals surface area (Å²) < 4.78 is 8.82.